The van der Waals surface area contributed by atoms with Gasteiger partial charge in [0.1, 0.15) is 18.3 Å². The third-order valence-corrected chi connectivity index (χ3v) is 6.28. The minimum absolute atomic E-state index is 0.110. The van der Waals surface area contributed by atoms with Crippen molar-refractivity contribution in [3.05, 3.63) is 59.1 Å². The molecule has 2 aromatic carbocycles. The number of para-hydroxylation sites is 2. The normalized spacial score (nSPS) is 12.0. The van der Waals surface area contributed by atoms with E-state index in [0.717, 1.165) is 16.1 Å². The summed E-state index contributed by atoms with van der Waals surface area (Å²) in [6, 6.07) is 12.7. The number of amides is 2. The third kappa shape index (κ3) is 7.36. The first kappa shape index (κ1) is 26.5. The molecule has 2 aromatic rings. The van der Waals surface area contributed by atoms with Crippen molar-refractivity contribution in [1.82, 2.24) is 10.2 Å². The van der Waals surface area contributed by atoms with Crippen molar-refractivity contribution in [2.24, 2.45) is 0 Å². The highest BCUT2D eigenvalue weighted by Crippen LogP contribution is 2.30. The molecule has 0 spiro atoms. The zero-order valence-corrected chi connectivity index (χ0v) is 20.8. The van der Waals surface area contributed by atoms with Gasteiger partial charge in [-0.05, 0) is 50.6 Å². The lowest BCUT2D eigenvalue weighted by Gasteiger charge is -2.31. The van der Waals surface area contributed by atoms with Crippen molar-refractivity contribution in [3.63, 3.8) is 0 Å². The molecule has 2 amide bonds. The zero-order chi connectivity index (χ0) is 24.6. The van der Waals surface area contributed by atoms with E-state index in [9.17, 15) is 18.0 Å². The second kappa shape index (κ2) is 11.9. The minimum atomic E-state index is -3.83. The van der Waals surface area contributed by atoms with Crippen LogP contribution in [0.25, 0.3) is 0 Å². The molecule has 0 fully saturated rings. The number of likely N-dealkylation sites (N-methyl/N-ethyl adjacent to an activating group) is 1. The predicted molar refractivity (Wildman–Crippen MR) is 130 cm³/mol. The van der Waals surface area contributed by atoms with Crippen LogP contribution in [0.3, 0.4) is 0 Å². The Kier molecular flexibility index (Phi) is 9.55. The van der Waals surface area contributed by atoms with Crippen molar-refractivity contribution in [2.75, 3.05) is 30.3 Å². The van der Waals surface area contributed by atoms with Crippen LogP contribution < -0.4 is 14.4 Å². The molecule has 1 atom stereocenters. The summed E-state index contributed by atoms with van der Waals surface area (Å²) in [7, 11) is -3.83. The van der Waals surface area contributed by atoms with Crippen LogP contribution in [0.15, 0.2) is 48.5 Å². The fourth-order valence-corrected chi connectivity index (χ4v) is 4.21. The van der Waals surface area contributed by atoms with E-state index in [4.69, 9.17) is 16.3 Å². The number of ether oxygens (including phenoxy) is 1. The Morgan fingerprint density at radius 2 is 1.73 bits per heavy atom. The Bertz CT molecular complexity index is 1060. The van der Waals surface area contributed by atoms with E-state index in [2.05, 4.69) is 5.32 Å². The molecule has 0 bridgehead atoms. The van der Waals surface area contributed by atoms with Gasteiger partial charge in [0.25, 0.3) is 0 Å². The number of hydrogen-bond donors (Lipinski definition) is 1. The van der Waals surface area contributed by atoms with E-state index in [0.29, 0.717) is 23.9 Å². The average molecular weight is 496 g/mol. The van der Waals surface area contributed by atoms with Gasteiger partial charge in [0.15, 0.2) is 0 Å². The number of carbonyl (C=O) groups excluding carboxylic acids is 2. The molecular weight excluding hydrogens is 466 g/mol. The quantitative estimate of drug-likeness (QED) is 0.517. The van der Waals surface area contributed by atoms with E-state index in [1.807, 2.05) is 0 Å². The molecule has 0 saturated heterocycles. The smallest absolute Gasteiger partial charge is 0.244 e. The van der Waals surface area contributed by atoms with Gasteiger partial charge in [-0.15, -0.1) is 0 Å². The largest absolute Gasteiger partial charge is 0.492 e. The first-order valence-electron chi connectivity index (χ1n) is 10.6. The van der Waals surface area contributed by atoms with E-state index in [1.54, 1.807) is 69.3 Å². The molecule has 0 radical (unpaired) electrons. The summed E-state index contributed by atoms with van der Waals surface area (Å²) in [5.74, 6) is -0.514. The van der Waals surface area contributed by atoms with Crippen LogP contribution in [-0.2, 0) is 26.2 Å². The van der Waals surface area contributed by atoms with Gasteiger partial charge >= 0.3 is 0 Å². The van der Waals surface area contributed by atoms with E-state index in [-0.39, 0.29) is 18.1 Å². The van der Waals surface area contributed by atoms with Crippen molar-refractivity contribution < 1.29 is 22.7 Å². The molecule has 1 N–H and O–H groups in total. The molecule has 0 aliphatic heterocycles. The Morgan fingerprint density at radius 3 is 2.30 bits per heavy atom. The zero-order valence-electron chi connectivity index (χ0n) is 19.2. The number of nitrogens with zero attached hydrogens (tertiary/aromatic N) is 2. The molecule has 180 valence electrons. The standard InChI is InChI=1S/C23H30ClN3O5S/c1-5-25-23(29)17(3)26(15-18-11-13-19(24)14-12-18)22(28)16-27(33(4,30)31)20-9-7-8-10-21(20)32-6-2/h7-14,17H,5-6,15-16H2,1-4H3,(H,25,29). The SMILES string of the molecule is CCNC(=O)C(C)N(Cc1ccc(Cl)cc1)C(=O)CN(c1ccccc1OCC)S(C)(=O)=O. The van der Waals surface area contributed by atoms with Gasteiger partial charge in [0.2, 0.25) is 21.8 Å². The maximum absolute atomic E-state index is 13.4. The van der Waals surface area contributed by atoms with Gasteiger partial charge in [-0.3, -0.25) is 13.9 Å². The van der Waals surface area contributed by atoms with Gasteiger partial charge in [-0.1, -0.05) is 35.9 Å². The van der Waals surface area contributed by atoms with E-state index in [1.165, 1.54) is 4.90 Å². The highest BCUT2D eigenvalue weighted by molar-refractivity contribution is 7.92. The molecule has 0 aliphatic carbocycles. The van der Waals surface area contributed by atoms with Gasteiger partial charge < -0.3 is 15.0 Å². The summed E-state index contributed by atoms with van der Waals surface area (Å²) < 4.78 is 31.9. The number of carbonyl (C=O) groups is 2. The second-order valence-corrected chi connectivity index (χ2v) is 9.73. The molecule has 33 heavy (non-hydrogen) atoms. The number of hydrogen-bond acceptors (Lipinski definition) is 5. The molecule has 8 nitrogen and oxygen atoms in total. The van der Waals surface area contributed by atoms with E-state index < -0.39 is 28.5 Å². The number of anilines is 1. The van der Waals surface area contributed by atoms with Gasteiger partial charge in [0, 0.05) is 18.1 Å². The summed E-state index contributed by atoms with van der Waals surface area (Å²) in [5.41, 5.74) is 1.01. The molecule has 1 unspecified atom stereocenters. The number of sulfonamides is 1. The molecule has 0 aliphatic rings. The van der Waals surface area contributed by atoms with Crippen LogP contribution in [0.1, 0.15) is 26.3 Å². The number of rotatable bonds is 11. The summed E-state index contributed by atoms with van der Waals surface area (Å²) >= 11 is 5.96. The topological polar surface area (TPSA) is 96.0 Å². The van der Waals surface area contributed by atoms with Crippen molar-refractivity contribution in [3.8, 4) is 5.75 Å². The Hall–Kier alpha value is -2.78. The van der Waals surface area contributed by atoms with E-state index >= 15 is 0 Å². The number of nitrogens with one attached hydrogen (secondary N) is 1. The van der Waals surface area contributed by atoms with Crippen LogP contribution in [0, 0.1) is 0 Å². The van der Waals surface area contributed by atoms with Gasteiger partial charge in [0.05, 0.1) is 18.6 Å². The third-order valence-electron chi connectivity index (χ3n) is 4.90. The van der Waals surface area contributed by atoms with Crippen LogP contribution in [0.5, 0.6) is 5.75 Å². The molecule has 0 saturated carbocycles. The monoisotopic (exact) mass is 495 g/mol. The van der Waals surface area contributed by atoms with Crippen molar-refractivity contribution >= 4 is 39.1 Å². The number of halogens is 1. The first-order valence-corrected chi connectivity index (χ1v) is 12.8. The van der Waals surface area contributed by atoms with Crippen LogP contribution in [-0.4, -0.2) is 57.1 Å². The average Bonchev–Trinajstić information content (AvgIpc) is 2.76. The maximum Gasteiger partial charge on any atom is 0.244 e. The Morgan fingerprint density at radius 1 is 1.09 bits per heavy atom. The summed E-state index contributed by atoms with van der Waals surface area (Å²) in [4.78, 5) is 27.3. The van der Waals surface area contributed by atoms with Gasteiger partial charge in [-0.25, -0.2) is 8.42 Å². The van der Waals surface area contributed by atoms with Crippen LogP contribution in [0.4, 0.5) is 5.69 Å². The van der Waals surface area contributed by atoms with Crippen molar-refractivity contribution in [1.29, 1.82) is 0 Å². The lowest BCUT2D eigenvalue weighted by Crippen LogP contribution is -2.51. The summed E-state index contributed by atoms with van der Waals surface area (Å²) in [5, 5.41) is 3.26. The fourth-order valence-electron chi connectivity index (χ4n) is 3.23. The lowest BCUT2D eigenvalue weighted by molar-refractivity contribution is -0.139. The molecule has 10 heteroatoms. The molecule has 0 heterocycles. The summed E-state index contributed by atoms with van der Waals surface area (Å²) in [6.45, 7) is 5.54. The predicted octanol–water partition coefficient (Wildman–Crippen LogP) is 3.06. The van der Waals surface area contributed by atoms with Crippen LogP contribution in [0.2, 0.25) is 5.02 Å². The number of benzene rings is 2. The Labute approximate surface area is 200 Å². The fraction of sp³-hybridized carbons (Fsp3) is 0.391. The van der Waals surface area contributed by atoms with Gasteiger partial charge in [-0.2, -0.15) is 0 Å². The minimum Gasteiger partial charge on any atom is -0.492 e. The second-order valence-electron chi connectivity index (χ2n) is 7.39. The summed E-state index contributed by atoms with van der Waals surface area (Å²) in [6.07, 6.45) is 1.03. The highest BCUT2D eigenvalue weighted by Gasteiger charge is 2.30. The van der Waals surface area contributed by atoms with Crippen molar-refractivity contribution in [2.45, 2.75) is 33.4 Å². The Balaban J connectivity index is 2.41. The molecule has 0 aromatic heterocycles. The first-order chi connectivity index (χ1) is 15.6. The lowest BCUT2D eigenvalue weighted by atomic mass is 10.1. The highest BCUT2D eigenvalue weighted by atomic mass is 35.5. The molecular formula is C23H30ClN3O5S. The van der Waals surface area contributed by atoms with Crippen LogP contribution >= 0.6 is 11.6 Å². The molecule has 2 rings (SSSR count). The maximum atomic E-state index is 13.4.